The highest BCUT2D eigenvalue weighted by atomic mass is 35.5. The highest BCUT2D eigenvalue weighted by molar-refractivity contribution is 6.17. The summed E-state index contributed by atoms with van der Waals surface area (Å²) in [5, 5.41) is 3.17. The van der Waals surface area contributed by atoms with Crippen molar-refractivity contribution in [1.29, 1.82) is 0 Å². The first-order chi connectivity index (χ1) is 5.93. The van der Waals surface area contributed by atoms with Gasteiger partial charge in [0.1, 0.15) is 12.1 Å². The molecular weight excluding hydrogens is 174 g/mol. The molecule has 0 bridgehead atoms. The molecule has 0 aromatic carbocycles. The van der Waals surface area contributed by atoms with E-state index in [4.69, 9.17) is 11.6 Å². The van der Waals surface area contributed by atoms with Gasteiger partial charge in [-0.1, -0.05) is 0 Å². The second kappa shape index (κ2) is 5.77. The summed E-state index contributed by atoms with van der Waals surface area (Å²) in [6.07, 6.45) is 5.37. The minimum Gasteiger partial charge on any atom is -0.370 e. The molecule has 0 aliphatic rings. The predicted octanol–water partition coefficient (Wildman–Crippen LogP) is 1.91. The van der Waals surface area contributed by atoms with Crippen LogP contribution >= 0.6 is 11.6 Å². The molecule has 0 aliphatic carbocycles. The molecule has 0 amide bonds. The second-order valence-electron chi connectivity index (χ2n) is 2.42. The monoisotopic (exact) mass is 185 g/mol. The molecule has 0 spiro atoms. The van der Waals surface area contributed by atoms with Crippen molar-refractivity contribution in [2.24, 2.45) is 0 Å². The van der Waals surface area contributed by atoms with E-state index in [1.165, 1.54) is 6.33 Å². The van der Waals surface area contributed by atoms with Gasteiger partial charge in [0.15, 0.2) is 0 Å². The quantitative estimate of drug-likeness (QED) is 0.563. The Bertz CT molecular complexity index is 203. The van der Waals surface area contributed by atoms with Crippen LogP contribution in [0.25, 0.3) is 0 Å². The van der Waals surface area contributed by atoms with Crippen LogP contribution in [0.4, 0.5) is 5.82 Å². The van der Waals surface area contributed by atoms with Crippen molar-refractivity contribution in [1.82, 2.24) is 9.97 Å². The van der Waals surface area contributed by atoms with Crippen molar-refractivity contribution >= 4 is 17.4 Å². The molecular formula is C8H12ClN3. The number of nitrogens with zero attached hydrogens (tertiary/aromatic N) is 2. The fourth-order valence-electron chi connectivity index (χ4n) is 0.831. The lowest BCUT2D eigenvalue weighted by Gasteiger charge is -2.02. The fraction of sp³-hybridized carbons (Fsp3) is 0.500. The summed E-state index contributed by atoms with van der Waals surface area (Å²) < 4.78 is 0. The van der Waals surface area contributed by atoms with Crippen LogP contribution in [-0.4, -0.2) is 22.4 Å². The normalized spacial score (nSPS) is 9.75. The Hall–Kier alpha value is -0.830. The van der Waals surface area contributed by atoms with E-state index in [-0.39, 0.29) is 0 Å². The van der Waals surface area contributed by atoms with Crippen molar-refractivity contribution in [3.63, 3.8) is 0 Å². The molecule has 1 rings (SSSR count). The van der Waals surface area contributed by atoms with Crippen molar-refractivity contribution in [2.75, 3.05) is 17.7 Å². The van der Waals surface area contributed by atoms with Gasteiger partial charge in [-0.3, -0.25) is 0 Å². The van der Waals surface area contributed by atoms with E-state index in [9.17, 15) is 0 Å². The van der Waals surface area contributed by atoms with Crippen LogP contribution in [0.5, 0.6) is 0 Å². The molecule has 1 aromatic heterocycles. The zero-order valence-electron chi connectivity index (χ0n) is 6.83. The van der Waals surface area contributed by atoms with Gasteiger partial charge in [0.2, 0.25) is 0 Å². The lowest BCUT2D eigenvalue weighted by atomic mass is 10.3. The summed E-state index contributed by atoms with van der Waals surface area (Å²) in [6.45, 7) is 0.920. The summed E-state index contributed by atoms with van der Waals surface area (Å²) in [5.41, 5.74) is 0. The Labute approximate surface area is 77.2 Å². The number of aromatic nitrogens is 2. The average molecular weight is 186 g/mol. The van der Waals surface area contributed by atoms with E-state index in [0.717, 1.165) is 31.1 Å². The maximum atomic E-state index is 5.53. The number of rotatable bonds is 5. The molecule has 1 N–H and O–H groups in total. The molecule has 3 nitrogen and oxygen atoms in total. The molecule has 0 unspecified atom stereocenters. The Morgan fingerprint density at radius 1 is 1.42 bits per heavy atom. The fourth-order valence-corrected chi connectivity index (χ4v) is 1.02. The number of unbranched alkanes of at least 4 members (excludes halogenated alkanes) is 1. The standard InChI is InChI=1S/C8H12ClN3/c9-4-1-2-5-11-8-3-6-10-7-12-8/h3,6-7H,1-2,4-5H2,(H,10,11,12). The average Bonchev–Trinajstić information content (AvgIpc) is 2.14. The maximum Gasteiger partial charge on any atom is 0.129 e. The predicted molar refractivity (Wildman–Crippen MR) is 50.5 cm³/mol. The second-order valence-corrected chi connectivity index (χ2v) is 2.80. The van der Waals surface area contributed by atoms with E-state index in [1.54, 1.807) is 6.20 Å². The van der Waals surface area contributed by atoms with Gasteiger partial charge < -0.3 is 5.32 Å². The zero-order chi connectivity index (χ0) is 8.65. The van der Waals surface area contributed by atoms with Crippen LogP contribution in [-0.2, 0) is 0 Å². The van der Waals surface area contributed by atoms with Gasteiger partial charge in [0.05, 0.1) is 0 Å². The van der Waals surface area contributed by atoms with Crippen LogP contribution in [0.15, 0.2) is 18.6 Å². The molecule has 4 heteroatoms. The summed E-state index contributed by atoms with van der Waals surface area (Å²) in [5.74, 6) is 1.60. The molecule has 0 fully saturated rings. The number of halogens is 1. The van der Waals surface area contributed by atoms with Gasteiger partial charge in [-0.2, -0.15) is 0 Å². The Balaban J connectivity index is 2.16. The third kappa shape index (κ3) is 3.53. The van der Waals surface area contributed by atoms with Crippen molar-refractivity contribution in [3.8, 4) is 0 Å². The van der Waals surface area contributed by atoms with Gasteiger partial charge in [-0.05, 0) is 18.9 Å². The number of anilines is 1. The van der Waals surface area contributed by atoms with Crippen LogP contribution < -0.4 is 5.32 Å². The van der Waals surface area contributed by atoms with Crippen molar-refractivity contribution < 1.29 is 0 Å². The maximum absolute atomic E-state index is 5.53. The zero-order valence-corrected chi connectivity index (χ0v) is 7.59. The van der Waals surface area contributed by atoms with Gasteiger partial charge >= 0.3 is 0 Å². The van der Waals surface area contributed by atoms with Crippen LogP contribution in [0.1, 0.15) is 12.8 Å². The molecule has 0 aliphatic heterocycles. The summed E-state index contributed by atoms with van der Waals surface area (Å²) in [7, 11) is 0. The van der Waals surface area contributed by atoms with Crippen LogP contribution in [0, 0.1) is 0 Å². The van der Waals surface area contributed by atoms with E-state index in [0.29, 0.717) is 0 Å². The number of hydrogen-bond acceptors (Lipinski definition) is 3. The lowest BCUT2D eigenvalue weighted by Crippen LogP contribution is -2.03. The molecule has 1 aromatic rings. The third-order valence-electron chi connectivity index (χ3n) is 1.45. The van der Waals surface area contributed by atoms with Gasteiger partial charge in [-0.25, -0.2) is 9.97 Å². The van der Waals surface area contributed by atoms with Crippen LogP contribution in [0.3, 0.4) is 0 Å². The summed E-state index contributed by atoms with van der Waals surface area (Å²) in [6, 6.07) is 1.85. The topological polar surface area (TPSA) is 37.8 Å². The first-order valence-corrected chi connectivity index (χ1v) is 4.53. The Morgan fingerprint density at radius 2 is 2.33 bits per heavy atom. The van der Waals surface area contributed by atoms with E-state index >= 15 is 0 Å². The minimum absolute atomic E-state index is 0.728. The Morgan fingerprint density at radius 3 is 3.00 bits per heavy atom. The van der Waals surface area contributed by atoms with E-state index in [2.05, 4.69) is 15.3 Å². The summed E-state index contributed by atoms with van der Waals surface area (Å²) in [4.78, 5) is 7.84. The molecule has 0 saturated carbocycles. The molecule has 0 atom stereocenters. The van der Waals surface area contributed by atoms with Gasteiger partial charge in [0, 0.05) is 18.6 Å². The third-order valence-corrected chi connectivity index (χ3v) is 1.72. The molecule has 0 saturated heterocycles. The molecule has 1 heterocycles. The molecule has 66 valence electrons. The van der Waals surface area contributed by atoms with E-state index < -0.39 is 0 Å². The van der Waals surface area contributed by atoms with E-state index in [1.807, 2.05) is 6.07 Å². The van der Waals surface area contributed by atoms with Gasteiger partial charge in [-0.15, -0.1) is 11.6 Å². The first kappa shape index (κ1) is 9.26. The highest BCUT2D eigenvalue weighted by Gasteiger charge is 1.90. The molecule has 0 radical (unpaired) electrons. The minimum atomic E-state index is 0.728. The summed E-state index contributed by atoms with van der Waals surface area (Å²) >= 11 is 5.53. The lowest BCUT2D eigenvalue weighted by molar-refractivity contribution is 0.835. The highest BCUT2D eigenvalue weighted by Crippen LogP contribution is 1.99. The van der Waals surface area contributed by atoms with Crippen LogP contribution in [0.2, 0.25) is 0 Å². The van der Waals surface area contributed by atoms with Gasteiger partial charge in [0.25, 0.3) is 0 Å². The van der Waals surface area contributed by atoms with Crippen molar-refractivity contribution in [2.45, 2.75) is 12.8 Å². The number of nitrogens with one attached hydrogen (secondary N) is 1. The largest absolute Gasteiger partial charge is 0.370 e. The first-order valence-electron chi connectivity index (χ1n) is 3.99. The molecule has 12 heavy (non-hydrogen) atoms. The number of alkyl halides is 1. The number of hydrogen-bond donors (Lipinski definition) is 1. The van der Waals surface area contributed by atoms with Crippen molar-refractivity contribution in [3.05, 3.63) is 18.6 Å². The Kier molecular flexibility index (Phi) is 4.46. The smallest absolute Gasteiger partial charge is 0.129 e. The SMILES string of the molecule is ClCCCCNc1ccncn1.